The number of alkyl halides is 1. The molecule has 1 aromatic carbocycles. The molecule has 4 heteroatoms. The molecule has 0 unspecified atom stereocenters. The van der Waals surface area contributed by atoms with Crippen LogP contribution in [0.3, 0.4) is 0 Å². The van der Waals surface area contributed by atoms with Crippen LogP contribution in [-0.4, -0.2) is 0 Å². The minimum absolute atomic E-state index is 0.856. The molecule has 0 nitrogen and oxygen atoms in total. The molecule has 1 aromatic heterocycles. The largest absolute Gasteiger partial charge is 0.128 e. The first kappa shape index (κ1) is 10.2. The maximum Gasteiger partial charge on any atom is 0.0666 e. The quantitative estimate of drug-likeness (QED) is 0.474. The van der Waals surface area contributed by atoms with Gasteiger partial charge in [-0.3, -0.25) is 0 Å². The summed E-state index contributed by atoms with van der Waals surface area (Å²) in [6, 6.07) is 6.36. The maximum absolute atomic E-state index is 6.14. The fraction of sp³-hybridized carbons (Fsp3) is 0.111. The lowest BCUT2D eigenvalue weighted by Crippen LogP contribution is -1.76. The molecule has 13 heavy (non-hydrogen) atoms. The van der Waals surface area contributed by atoms with Crippen LogP contribution in [0.4, 0.5) is 0 Å². The highest BCUT2D eigenvalue weighted by Gasteiger charge is 2.05. The summed E-state index contributed by atoms with van der Waals surface area (Å²) in [5, 5.41) is 2.96. The van der Waals surface area contributed by atoms with E-state index in [4.69, 9.17) is 11.6 Å². The molecule has 2 rings (SSSR count). The first-order valence-electron chi connectivity index (χ1n) is 3.64. The molecule has 0 radical (unpaired) electrons. The van der Waals surface area contributed by atoms with Crippen LogP contribution in [0, 0.1) is 2.88 Å². The first-order chi connectivity index (χ1) is 6.20. The second-order valence-electron chi connectivity index (χ2n) is 2.68. The van der Waals surface area contributed by atoms with Crippen LogP contribution in [0.1, 0.15) is 5.56 Å². The molecule has 68 valence electrons. The Kier molecular flexibility index (Phi) is 3.18. The normalized spacial score (nSPS) is 11.0. The Morgan fingerprint density at radius 1 is 1.38 bits per heavy atom. The van der Waals surface area contributed by atoms with Crippen LogP contribution in [0.15, 0.2) is 18.2 Å². The van der Waals surface area contributed by atoms with Gasteiger partial charge in [0.25, 0.3) is 0 Å². The average molecular weight is 387 g/mol. The van der Waals surface area contributed by atoms with Crippen LogP contribution in [0.2, 0.25) is 5.02 Å². The number of hydrogen-bond acceptors (Lipinski definition) is 1. The monoisotopic (exact) mass is 386 g/mol. The van der Waals surface area contributed by atoms with Crippen molar-refractivity contribution in [1.29, 1.82) is 0 Å². The minimum Gasteiger partial charge on any atom is -0.128 e. The molecular formula is C9H5BrClIS. The van der Waals surface area contributed by atoms with E-state index in [2.05, 4.69) is 50.7 Å². The Bertz CT molecular complexity index is 452. The van der Waals surface area contributed by atoms with Crippen molar-refractivity contribution >= 4 is 71.5 Å². The summed E-state index contributed by atoms with van der Waals surface area (Å²) in [5.41, 5.74) is 1.23. The van der Waals surface area contributed by atoms with Crippen LogP contribution in [0.25, 0.3) is 10.1 Å². The van der Waals surface area contributed by atoms with E-state index in [1.54, 1.807) is 11.3 Å². The van der Waals surface area contributed by atoms with Crippen molar-refractivity contribution in [3.05, 3.63) is 31.7 Å². The summed E-state index contributed by atoms with van der Waals surface area (Å²) in [7, 11) is 0. The lowest BCUT2D eigenvalue weighted by atomic mass is 10.2. The fourth-order valence-electron chi connectivity index (χ4n) is 1.21. The van der Waals surface area contributed by atoms with Crippen molar-refractivity contribution in [3.63, 3.8) is 0 Å². The molecule has 0 aliphatic rings. The molecule has 0 fully saturated rings. The van der Waals surface area contributed by atoms with E-state index in [0.717, 1.165) is 10.4 Å². The molecule has 0 saturated heterocycles. The summed E-state index contributed by atoms with van der Waals surface area (Å²) in [5.74, 6) is 0. The van der Waals surface area contributed by atoms with Crippen molar-refractivity contribution < 1.29 is 0 Å². The summed E-state index contributed by atoms with van der Waals surface area (Å²) < 4.78 is 2.47. The fourth-order valence-corrected chi connectivity index (χ4v) is 3.67. The van der Waals surface area contributed by atoms with E-state index in [-0.39, 0.29) is 0 Å². The van der Waals surface area contributed by atoms with Gasteiger partial charge in [0, 0.05) is 5.33 Å². The summed E-state index contributed by atoms with van der Waals surface area (Å²) >= 11 is 13.6. The predicted octanol–water partition coefficient (Wildman–Crippen LogP) is 5.05. The summed E-state index contributed by atoms with van der Waals surface area (Å²) in [6.45, 7) is 0. The highest BCUT2D eigenvalue weighted by atomic mass is 127. The maximum atomic E-state index is 6.14. The molecule has 0 bridgehead atoms. The van der Waals surface area contributed by atoms with Crippen molar-refractivity contribution in [1.82, 2.24) is 0 Å². The molecule has 0 spiro atoms. The van der Waals surface area contributed by atoms with Gasteiger partial charge in [0.15, 0.2) is 0 Å². The Morgan fingerprint density at radius 3 is 2.85 bits per heavy atom. The smallest absolute Gasteiger partial charge is 0.0666 e. The Hall–Kier alpha value is 0.680. The van der Waals surface area contributed by atoms with Gasteiger partial charge < -0.3 is 0 Å². The average Bonchev–Trinajstić information content (AvgIpc) is 2.46. The lowest BCUT2D eigenvalue weighted by Gasteiger charge is -1.97. The molecule has 1 heterocycles. The zero-order chi connectivity index (χ0) is 9.42. The van der Waals surface area contributed by atoms with Gasteiger partial charge in [0.05, 0.1) is 12.6 Å². The number of rotatable bonds is 1. The third-order valence-electron chi connectivity index (χ3n) is 1.75. The standard InChI is InChI=1S/C9H5BrClIS/c10-4-5-1-6-3-8(12)13-9(6)7(11)2-5/h1-3H,4H2. The van der Waals surface area contributed by atoms with Gasteiger partial charge in [-0.05, 0) is 51.7 Å². The van der Waals surface area contributed by atoms with Gasteiger partial charge in [0.2, 0.25) is 0 Å². The number of hydrogen-bond donors (Lipinski definition) is 0. The number of benzene rings is 1. The molecule has 2 aromatic rings. The van der Waals surface area contributed by atoms with Crippen LogP contribution in [-0.2, 0) is 5.33 Å². The Balaban J connectivity index is 2.75. The van der Waals surface area contributed by atoms with Crippen molar-refractivity contribution in [2.24, 2.45) is 0 Å². The van der Waals surface area contributed by atoms with Crippen LogP contribution in [0.5, 0.6) is 0 Å². The van der Waals surface area contributed by atoms with Gasteiger partial charge in [-0.1, -0.05) is 27.5 Å². The van der Waals surface area contributed by atoms with Crippen molar-refractivity contribution in [2.45, 2.75) is 5.33 Å². The van der Waals surface area contributed by atoms with Crippen LogP contribution >= 0.6 is 61.5 Å². The van der Waals surface area contributed by atoms with E-state index in [1.165, 1.54) is 18.5 Å². The predicted molar refractivity (Wildman–Crippen MR) is 72.2 cm³/mol. The summed E-state index contributed by atoms with van der Waals surface area (Å²) in [4.78, 5) is 0. The zero-order valence-corrected chi connectivity index (χ0v) is 11.8. The number of fused-ring (bicyclic) bond motifs is 1. The highest BCUT2D eigenvalue weighted by molar-refractivity contribution is 14.1. The van der Waals surface area contributed by atoms with Crippen LogP contribution < -0.4 is 0 Å². The second-order valence-corrected chi connectivity index (χ2v) is 6.59. The van der Waals surface area contributed by atoms with E-state index in [1.807, 2.05) is 6.07 Å². The number of halogens is 3. The minimum atomic E-state index is 0.856. The Labute approximate surface area is 108 Å². The third-order valence-corrected chi connectivity index (χ3v) is 4.76. The van der Waals surface area contributed by atoms with E-state index < -0.39 is 0 Å². The number of thiophene rings is 1. The lowest BCUT2D eigenvalue weighted by molar-refractivity contribution is 1.47. The van der Waals surface area contributed by atoms with E-state index in [9.17, 15) is 0 Å². The molecule has 0 amide bonds. The SMILES string of the molecule is Clc1cc(CBr)cc2cc(I)sc12. The Morgan fingerprint density at radius 2 is 2.15 bits per heavy atom. The zero-order valence-electron chi connectivity index (χ0n) is 6.48. The van der Waals surface area contributed by atoms with Crippen molar-refractivity contribution in [2.75, 3.05) is 0 Å². The summed E-state index contributed by atoms with van der Waals surface area (Å²) in [6.07, 6.45) is 0. The molecule has 0 saturated carbocycles. The molecule has 0 aliphatic carbocycles. The van der Waals surface area contributed by atoms with Gasteiger partial charge in [-0.25, -0.2) is 0 Å². The van der Waals surface area contributed by atoms with Crippen molar-refractivity contribution in [3.8, 4) is 0 Å². The third kappa shape index (κ3) is 2.03. The van der Waals surface area contributed by atoms with Gasteiger partial charge in [-0.15, -0.1) is 11.3 Å². The second kappa shape index (κ2) is 4.04. The molecule has 0 aliphatic heterocycles. The molecule has 0 atom stereocenters. The molecule has 0 N–H and O–H groups in total. The molecular weight excluding hydrogens is 382 g/mol. The van der Waals surface area contributed by atoms with E-state index in [0.29, 0.717) is 0 Å². The van der Waals surface area contributed by atoms with E-state index >= 15 is 0 Å². The first-order valence-corrected chi connectivity index (χ1v) is 7.03. The topological polar surface area (TPSA) is 0 Å². The van der Waals surface area contributed by atoms with Gasteiger partial charge in [0.1, 0.15) is 0 Å². The van der Waals surface area contributed by atoms with Gasteiger partial charge >= 0.3 is 0 Å². The van der Waals surface area contributed by atoms with Gasteiger partial charge in [-0.2, -0.15) is 0 Å². The highest BCUT2D eigenvalue weighted by Crippen LogP contribution is 2.34.